The minimum atomic E-state index is -0.353. The largest absolute Gasteiger partial charge is 0.379 e. The highest BCUT2D eigenvalue weighted by Gasteiger charge is 2.33. The standard InChI is InChI=1S/C23H29N3O3S/c27-22(15-20-6-3-13-30-20)26-8-2-7-21(26)23(28)24-16-18-4-1-5-19(14-18)17-25-9-11-29-12-10-25/h1,3-6,13-14,21H,2,7-12,15-17H2,(H,24,28)/t21-/m1/s1. The number of ether oxygens (including phenoxy) is 1. The molecule has 2 aliphatic heterocycles. The fourth-order valence-electron chi connectivity index (χ4n) is 4.16. The van der Waals surface area contributed by atoms with Crippen molar-refractivity contribution < 1.29 is 14.3 Å². The van der Waals surface area contributed by atoms with Crippen LogP contribution in [0.25, 0.3) is 0 Å². The number of hydrogen-bond donors (Lipinski definition) is 1. The highest BCUT2D eigenvalue weighted by atomic mass is 32.1. The van der Waals surface area contributed by atoms with E-state index in [1.165, 1.54) is 5.56 Å². The van der Waals surface area contributed by atoms with Crippen molar-refractivity contribution in [3.8, 4) is 0 Å². The highest BCUT2D eigenvalue weighted by Crippen LogP contribution is 2.20. The van der Waals surface area contributed by atoms with Crippen LogP contribution in [0, 0.1) is 0 Å². The molecule has 30 heavy (non-hydrogen) atoms. The van der Waals surface area contributed by atoms with Crippen molar-refractivity contribution >= 4 is 23.2 Å². The third kappa shape index (κ3) is 5.47. The monoisotopic (exact) mass is 427 g/mol. The van der Waals surface area contributed by atoms with E-state index < -0.39 is 0 Å². The Bertz CT molecular complexity index is 849. The van der Waals surface area contributed by atoms with Gasteiger partial charge in [-0.1, -0.05) is 30.3 Å². The first kappa shape index (κ1) is 21.0. The third-order valence-corrected chi connectivity index (χ3v) is 6.63. The third-order valence-electron chi connectivity index (χ3n) is 5.75. The van der Waals surface area contributed by atoms with Gasteiger partial charge in [0.1, 0.15) is 6.04 Å². The van der Waals surface area contributed by atoms with E-state index in [-0.39, 0.29) is 17.9 Å². The van der Waals surface area contributed by atoms with Crippen molar-refractivity contribution in [3.63, 3.8) is 0 Å². The maximum Gasteiger partial charge on any atom is 0.243 e. The average molecular weight is 428 g/mol. The molecule has 1 aromatic carbocycles. The Morgan fingerprint density at radius 2 is 1.93 bits per heavy atom. The fraction of sp³-hybridized carbons (Fsp3) is 0.478. The Kier molecular flexibility index (Phi) is 7.15. The number of thiophene rings is 1. The van der Waals surface area contributed by atoms with Crippen molar-refractivity contribution in [1.82, 2.24) is 15.1 Å². The summed E-state index contributed by atoms with van der Waals surface area (Å²) >= 11 is 1.58. The minimum Gasteiger partial charge on any atom is -0.379 e. The smallest absolute Gasteiger partial charge is 0.243 e. The summed E-state index contributed by atoms with van der Waals surface area (Å²) in [5.74, 6) is -0.00628. The molecular weight excluding hydrogens is 398 g/mol. The van der Waals surface area contributed by atoms with Crippen LogP contribution in [0.2, 0.25) is 0 Å². The van der Waals surface area contributed by atoms with Crippen LogP contribution in [-0.2, 0) is 33.8 Å². The van der Waals surface area contributed by atoms with E-state index in [0.717, 1.165) is 56.1 Å². The zero-order chi connectivity index (χ0) is 20.8. The molecule has 3 heterocycles. The van der Waals surface area contributed by atoms with Gasteiger partial charge in [0.2, 0.25) is 11.8 Å². The Morgan fingerprint density at radius 3 is 2.73 bits per heavy atom. The zero-order valence-corrected chi connectivity index (χ0v) is 18.0. The Balaban J connectivity index is 1.30. The lowest BCUT2D eigenvalue weighted by Gasteiger charge is -2.26. The molecule has 0 bridgehead atoms. The van der Waals surface area contributed by atoms with Crippen molar-refractivity contribution in [2.24, 2.45) is 0 Å². The van der Waals surface area contributed by atoms with E-state index in [1.807, 2.05) is 29.6 Å². The molecule has 2 aromatic rings. The average Bonchev–Trinajstić information content (AvgIpc) is 3.45. The molecule has 7 heteroatoms. The first-order valence-electron chi connectivity index (χ1n) is 10.7. The van der Waals surface area contributed by atoms with Crippen LogP contribution in [0.4, 0.5) is 0 Å². The summed E-state index contributed by atoms with van der Waals surface area (Å²) < 4.78 is 5.41. The van der Waals surface area contributed by atoms with Crippen molar-refractivity contribution in [2.75, 3.05) is 32.8 Å². The van der Waals surface area contributed by atoms with Gasteiger partial charge in [-0.15, -0.1) is 11.3 Å². The molecule has 2 aliphatic rings. The van der Waals surface area contributed by atoms with Crippen LogP contribution in [0.15, 0.2) is 41.8 Å². The van der Waals surface area contributed by atoms with E-state index in [4.69, 9.17) is 4.74 Å². The quantitative estimate of drug-likeness (QED) is 0.737. The predicted molar refractivity (Wildman–Crippen MR) is 117 cm³/mol. The first-order chi connectivity index (χ1) is 14.7. The second-order valence-corrected chi connectivity index (χ2v) is 8.96. The second kappa shape index (κ2) is 10.2. The predicted octanol–water partition coefficient (Wildman–Crippen LogP) is 2.43. The van der Waals surface area contributed by atoms with Crippen molar-refractivity contribution in [3.05, 3.63) is 57.8 Å². The van der Waals surface area contributed by atoms with Gasteiger partial charge < -0.3 is 15.0 Å². The number of nitrogens with one attached hydrogen (secondary N) is 1. The summed E-state index contributed by atoms with van der Waals surface area (Å²) in [6, 6.07) is 11.9. The number of carbonyl (C=O) groups excluding carboxylic acids is 2. The van der Waals surface area contributed by atoms with Crippen molar-refractivity contribution in [2.45, 2.75) is 38.4 Å². The maximum absolute atomic E-state index is 12.8. The van der Waals surface area contributed by atoms with Crippen LogP contribution in [-0.4, -0.2) is 60.5 Å². The number of rotatable bonds is 7. The van der Waals surface area contributed by atoms with E-state index in [9.17, 15) is 9.59 Å². The SMILES string of the molecule is O=C(NCc1cccc(CN2CCOCC2)c1)[C@H]1CCCN1C(=O)Cc1cccs1. The molecule has 0 saturated carbocycles. The molecule has 160 valence electrons. The molecule has 6 nitrogen and oxygen atoms in total. The van der Waals surface area contributed by atoms with E-state index in [0.29, 0.717) is 19.5 Å². The molecule has 2 fully saturated rings. The summed E-state index contributed by atoms with van der Waals surface area (Å²) in [4.78, 5) is 30.7. The number of benzene rings is 1. The molecule has 1 N–H and O–H groups in total. The van der Waals surface area contributed by atoms with E-state index in [1.54, 1.807) is 16.2 Å². The molecule has 0 unspecified atom stereocenters. The number of hydrogen-bond acceptors (Lipinski definition) is 5. The Morgan fingerprint density at radius 1 is 1.10 bits per heavy atom. The molecule has 0 spiro atoms. The lowest BCUT2D eigenvalue weighted by atomic mass is 10.1. The summed E-state index contributed by atoms with van der Waals surface area (Å²) in [6.45, 7) is 5.54. The van der Waals surface area contributed by atoms with Gasteiger partial charge in [-0.3, -0.25) is 14.5 Å². The molecule has 1 atom stereocenters. The van der Waals surface area contributed by atoms with Crippen LogP contribution < -0.4 is 5.32 Å². The molecule has 0 aliphatic carbocycles. The summed E-state index contributed by atoms with van der Waals surface area (Å²) in [6.07, 6.45) is 1.99. The van der Waals surface area contributed by atoms with Gasteiger partial charge in [0.05, 0.1) is 19.6 Å². The number of carbonyl (C=O) groups is 2. The number of amides is 2. The van der Waals surface area contributed by atoms with Crippen LogP contribution in [0.1, 0.15) is 28.8 Å². The van der Waals surface area contributed by atoms with Gasteiger partial charge in [-0.2, -0.15) is 0 Å². The van der Waals surface area contributed by atoms with E-state index in [2.05, 4.69) is 22.3 Å². The van der Waals surface area contributed by atoms with Crippen LogP contribution in [0.5, 0.6) is 0 Å². The number of morpholine rings is 1. The van der Waals surface area contributed by atoms with Gasteiger partial charge >= 0.3 is 0 Å². The number of likely N-dealkylation sites (tertiary alicyclic amines) is 1. The Hall–Kier alpha value is -2.22. The summed E-state index contributed by atoms with van der Waals surface area (Å²) in [7, 11) is 0. The summed E-state index contributed by atoms with van der Waals surface area (Å²) in [5.41, 5.74) is 2.33. The van der Waals surface area contributed by atoms with Gasteiger partial charge in [-0.25, -0.2) is 0 Å². The van der Waals surface area contributed by atoms with Crippen molar-refractivity contribution in [1.29, 1.82) is 0 Å². The molecular formula is C23H29N3O3S. The van der Waals surface area contributed by atoms with Gasteiger partial charge in [0.15, 0.2) is 0 Å². The second-order valence-electron chi connectivity index (χ2n) is 7.93. The normalized spacial score (nSPS) is 19.7. The topological polar surface area (TPSA) is 61.9 Å². The molecule has 1 aromatic heterocycles. The van der Waals surface area contributed by atoms with Gasteiger partial charge in [0, 0.05) is 37.6 Å². The lowest BCUT2D eigenvalue weighted by molar-refractivity contribution is -0.138. The fourth-order valence-corrected chi connectivity index (χ4v) is 4.86. The van der Waals surface area contributed by atoms with Crippen LogP contribution >= 0.6 is 11.3 Å². The van der Waals surface area contributed by atoms with Gasteiger partial charge in [-0.05, 0) is 35.4 Å². The molecule has 2 amide bonds. The highest BCUT2D eigenvalue weighted by molar-refractivity contribution is 7.10. The number of nitrogens with zero attached hydrogens (tertiary/aromatic N) is 2. The maximum atomic E-state index is 12.8. The first-order valence-corrected chi connectivity index (χ1v) is 11.5. The van der Waals surface area contributed by atoms with E-state index >= 15 is 0 Å². The lowest BCUT2D eigenvalue weighted by Crippen LogP contribution is -2.46. The molecule has 4 rings (SSSR count). The minimum absolute atomic E-state index is 0.0441. The van der Waals surface area contributed by atoms with Gasteiger partial charge in [0.25, 0.3) is 0 Å². The zero-order valence-electron chi connectivity index (χ0n) is 17.2. The van der Waals surface area contributed by atoms with Crippen LogP contribution in [0.3, 0.4) is 0 Å². The summed E-state index contributed by atoms with van der Waals surface area (Å²) in [5, 5.41) is 5.03. The molecule has 2 saturated heterocycles. The molecule has 0 radical (unpaired) electrons. The Labute approximate surface area is 181 Å².